The molecule has 4 rings (SSSR count). The van der Waals surface area contributed by atoms with E-state index in [1.807, 2.05) is 0 Å². The van der Waals surface area contributed by atoms with E-state index >= 15 is 0 Å². The number of nitrogens with one attached hydrogen (secondary N) is 1. The van der Waals surface area contributed by atoms with Crippen molar-refractivity contribution in [1.82, 2.24) is 3.80 Å². The Morgan fingerprint density at radius 3 is 2.29 bits per heavy atom. The molecule has 1 nitrogen and oxygen atoms in total. The Bertz CT molecular complexity index is 784. The summed E-state index contributed by atoms with van der Waals surface area (Å²) in [6, 6.07) is 6.02. The first-order valence-corrected chi connectivity index (χ1v) is 18.0. The molecule has 1 saturated carbocycles. The van der Waals surface area contributed by atoms with Crippen molar-refractivity contribution in [1.29, 1.82) is 0 Å². The van der Waals surface area contributed by atoms with E-state index in [1.165, 1.54) is 64.2 Å². The van der Waals surface area contributed by atoms with Gasteiger partial charge >= 0.3 is 180 Å². The molecule has 1 aromatic rings. The third kappa shape index (κ3) is 4.46. The van der Waals surface area contributed by atoms with Crippen LogP contribution in [0.15, 0.2) is 17.7 Å². The fourth-order valence-electron chi connectivity index (χ4n) is 5.55. The number of fused-ring (bicyclic) bond motifs is 2. The number of hydrogen-bond acceptors (Lipinski definition) is 1. The number of benzene rings is 1. The molecule has 0 spiro atoms. The van der Waals surface area contributed by atoms with E-state index in [4.69, 9.17) is 0 Å². The van der Waals surface area contributed by atoms with Crippen LogP contribution in [0.2, 0.25) is 12.1 Å². The van der Waals surface area contributed by atoms with Gasteiger partial charge in [0, 0.05) is 0 Å². The predicted molar refractivity (Wildman–Crippen MR) is 121 cm³/mol. The van der Waals surface area contributed by atoms with Gasteiger partial charge in [-0.3, -0.25) is 0 Å². The van der Waals surface area contributed by atoms with Gasteiger partial charge in [-0.2, -0.15) is 0 Å². The summed E-state index contributed by atoms with van der Waals surface area (Å²) >= 11 is -1.43. The second-order valence-corrected chi connectivity index (χ2v) is 20.9. The summed E-state index contributed by atoms with van der Waals surface area (Å²) < 4.78 is 5.23. The van der Waals surface area contributed by atoms with Crippen molar-refractivity contribution >= 4 is 12.3 Å². The van der Waals surface area contributed by atoms with E-state index in [-0.39, 0.29) is 6.19 Å². The quantitative estimate of drug-likeness (QED) is 0.513. The van der Waals surface area contributed by atoms with Crippen LogP contribution in [0.25, 0.3) is 6.08 Å². The monoisotopic (exact) mass is 429 g/mol. The molecule has 1 unspecified atom stereocenters. The Hall–Kier alpha value is -0.149. The molecule has 0 heterocycles. The Morgan fingerprint density at radius 1 is 0.964 bits per heavy atom. The van der Waals surface area contributed by atoms with Crippen LogP contribution < -0.4 is 3.80 Å². The fraction of sp³-hybridized carbons (Fsp3) is 0.680. The van der Waals surface area contributed by atoms with Crippen LogP contribution in [0, 0.1) is 0 Å². The predicted octanol–water partition coefficient (Wildman–Crippen LogP) is 6.90. The fourth-order valence-corrected chi connectivity index (χ4v) is 18.5. The average Bonchev–Trinajstić information content (AvgIpc) is 3.21. The zero-order valence-corrected chi connectivity index (χ0v) is 21.1. The second-order valence-electron chi connectivity index (χ2n) is 9.86. The minimum atomic E-state index is -1.43. The molecule has 3 heteroatoms. The summed E-state index contributed by atoms with van der Waals surface area (Å²) in [5.74, 6) is 0. The molecule has 0 aliphatic heterocycles. The first kappa shape index (κ1) is 21.1. The SMILES string of the molecule is CC1=Cc2cc3c(cc2[CH]1[Ti]([NH]C1CCCCCCC1)=[Si](C)C(C)C)CCC3. The van der Waals surface area contributed by atoms with Crippen LogP contribution in [0.1, 0.15) is 98.6 Å². The van der Waals surface area contributed by atoms with Crippen molar-refractivity contribution in [2.75, 3.05) is 0 Å². The Morgan fingerprint density at radius 2 is 1.61 bits per heavy atom. The number of rotatable bonds is 4. The van der Waals surface area contributed by atoms with Gasteiger partial charge in [0.25, 0.3) is 0 Å². The van der Waals surface area contributed by atoms with Crippen LogP contribution >= 0.6 is 0 Å². The molecule has 1 atom stereocenters. The zero-order valence-electron chi connectivity index (χ0n) is 18.5. The molecule has 0 bridgehead atoms. The second kappa shape index (κ2) is 9.33. The standard InChI is InChI=1S/C13H13.C8H16N.C4H10Si.Ti/c1-9-5-12-7-10-3-2-4-11(10)8-13(12)6-9;9-8-6-4-2-1-3-5-7-8;1-4(2)5-3;/h5-8H,2-4H2,1H3;8-9H,1-7H2;4H,1-3H3;/q;-1;;+1. The molecular formula is C25H39NSiTi. The van der Waals surface area contributed by atoms with E-state index < -0.39 is 16.9 Å². The van der Waals surface area contributed by atoms with Gasteiger partial charge in [0.15, 0.2) is 0 Å². The van der Waals surface area contributed by atoms with Crippen molar-refractivity contribution < 1.29 is 16.9 Å². The molecule has 0 saturated heterocycles. The molecule has 1 fully saturated rings. The molecule has 152 valence electrons. The summed E-state index contributed by atoms with van der Waals surface area (Å²) in [6.45, 7) is 10.1. The third-order valence-corrected chi connectivity index (χ3v) is 21.8. The van der Waals surface area contributed by atoms with Crippen molar-refractivity contribution in [2.24, 2.45) is 0 Å². The maximum atomic E-state index is 4.46. The number of allylic oxidation sites excluding steroid dienone is 1. The topological polar surface area (TPSA) is 12.0 Å². The molecule has 3 aliphatic carbocycles. The van der Waals surface area contributed by atoms with E-state index in [0.717, 1.165) is 15.8 Å². The van der Waals surface area contributed by atoms with E-state index in [9.17, 15) is 0 Å². The first-order valence-electron chi connectivity index (χ1n) is 11.9. The van der Waals surface area contributed by atoms with Crippen molar-refractivity contribution in [2.45, 2.75) is 107 Å². The Labute approximate surface area is 179 Å². The van der Waals surface area contributed by atoms with Gasteiger partial charge < -0.3 is 0 Å². The van der Waals surface area contributed by atoms with Crippen molar-refractivity contribution in [3.05, 3.63) is 40.0 Å². The summed E-state index contributed by atoms with van der Waals surface area (Å²) in [4.78, 5) is 0. The molecule has 1 aromatic carbocycles. The summed E-state index contributed by atoms with van der Waals surface area (Å²) in [7, 11) is 0. The van der Waals surface area contributed by atoms with E-state index in [2.05, 4.69) is 49.3 Å². The van der Waals surface area contributed by atoms with Crippen molar-refractivity contribution in [3.8, 4) is 0 Å². The zero-order chi connectivity index (χ0) is 19.7. The third-order valence-electron chi connectivity index (χ3n) is 7.49. The van der Waals surface area contributed by atoms with Crippen LogP contribution in [0.5, 0.6) is 0 Å². The Balaban J connectivity index is 1.68. The number of hydrogen-bond donors (Lipinski definition) is 1. The van der Waals surface area contributed by atoms with E-state index in [0.29, 0.717) is 0 Å². The van der Waals surface area contributed by atoms with Gasteiger partial charge in [-0.15, -0.1) is 0 Å². The molecule has 1 N–H and O–H groups in total. The Kier molecular flexibility index (Phi) is 7.03. The minimum absolute atomic E-state index is 0.320. The van der Waals surface area contributed by atoms with Crippen LogP contribution in [0.3, 0.4) is 0 Å². The summed E-state index contributed by atoms with van der Waals surface area (Å²) in [5, 5.41) is 0. The average molecular weight is 430 g/mol. The molecular weight excluding hydrogens is 390 g/mol. The van der Waals surface area contributed by atoms with Gasteiger partial charge in [-0.05, 0) is 0 Å². The van der Waals surface area contributed by atoms with Gasteiger partial charge in [0.05, 0.1) is 0 Å². The van der Waals surface area contributed by atoms with Gasteiger partial charge in [-0.1, -0.05) is 0 Å². The molecule has 0 aromatic heterocycles. The molecule has 0 radical (unpaired) electrons. The van der Waals surface area contributed by atoms with Gasteiger partial charge in [0.1, 0.15) is 0 Å². The normalized spacial score (nSPS) is 23.8. The van der Waals surface area contributed by atoms with Crippen LogP contribution in [0.4, 0.5) is 0 Å². The summed E-state index contributed by atoms with van der Waals surface area (Å²) in [6.07, 6.45) is 16.3. The van der Waals surface area contributed by atoms with Crippen molar-refractivity contribution in [3.63, 3.8) is 0 Å². The maximum absolute atomic E-state index is 4.46. The summed E-state index contributed by atoms with van der Waals surface area (Å²) in [5.41, 5.74) is 9.17. The van der Waals surface area contributed by atoms with Crippen LogP contribution in [-0.2, 0) is 29.7 Å². The molecule has 0 amide bonds. The van der Waals surface area contributed by atoms with Crippen LogP contribution in [-0.4, -0.2) is 12.2 Å². The van der Waals surface area contributed by atoms with Gasteiger partial charge in [-0.25, -0.2) is 0 Å². The van der Waals surface area contributed by atoms with E-state index in [1.54, 1.807) is 27.8 Å². The number of aryl methyl sites for hydroxylation is 2. The van der Waals surface area contributed by atoms with Gasteiger partial charge in [0.2, 0.25) is 0 Å². The molecule has 28 heavy (non-hydrogen) atoms. The first-order chi connectivity index (χ1) is 13.5. The molecule has 3 aliphatic rings.